The minimum absolute atomic E-state index is 0.0884. The molecule has 0 bridgehead atoms. The number of nitrogens with one attached hydrogen (secondary N) is 1. The molecule has 0 fully saturated rings. The molecule has 0 spiro atoms. The van der Waals surface area contributed by atoms with Crippen LogP contribution in [0.25, 0.3) is 0 Å². The van der Waals surface area contributed by atoms with E-state index in [2.05, 4.69) is 9.82 Å². The zero-order valence-corrected chi connectivity index (χ0v) is 17.9. The zero-order valence-electron chi connectivity index (χ0n) is 16.2. The maximum Gasteiger partial charge on any atom is 0.269 e. The SMILES string of the molecule is CCS(=O)(=O)Nc1cccc(C2=NN(S(C)(=O)=O)C(c3cccc([N+](=O)[O-])c3)C2)c1. The third-order valence-corrected chi connectivity index (χ3v) is 6.85. The van der Waals surface area contributed by atoms with Gasteiger partial charge < -0.3 is 0 Å². The summed E-state index contributed by atoms with van der Waals surface area (Å²) >= 11 is 0. The number of sulfonamides is 2. The van der Waals surface area contributed by atoms with Crippen LogP contribution in [0.3, 0.4) is 0 Å². The number of nitrogens with zero attached hydrogens (tertiary/aromatic N) is 3. The van der Waals surface area contributed by atoms with Gasteiger partial charge >= 0.3 is 0 Å². The highest BCUT2D eigenvalue weighted by molar-refractivity contribution is 7.92. The topological polar surface area (TPSA) is 139 Å². The van der Waals surface area contributed by atoms with E-state index in [-0.39, 0.29) is 17.9 Å². The molecule has 0 amide bonds. The van der Waals surface area contributed by atoms with Gasteiger partial charge in [0.25, 0.3) is 5.69 Å². The summed E-state index contributed by atoms with van der Waals surface area (Å²) in [5.74, 6) is -0.0884. The van der Waals surface area contributed by atoms with E-state index < -0.39 is 31.0 Å². The van der Waals surface area contributed by atoms with Crippen molar-refractivity contribution in [1.82, 2.24) is 4.41 Å². The predicted molar refractivity (Wildman–Crippen MR) is 113 cm³/mol. The predicted octanol–water partition coefficient (Wildman–Crippen LogP) is 2.47. The molecule has 0 saturated carbocycles. The number of nitro benzene ring substituents is 1. The summed E-state index contributed by atoms with van der Waals surface area (Å²) in [5.41, 5.74) is 1.60. The lowest BCUT2D eigenvalue weighted by molar-refractivity contribution is -0.384. The smallest absolute Gasteiger partial charge is 0.269 e. The molecule has 1 aliphatic rings. The van der Waals surface area contributed by atoms with Gasteiger partial charge in [-0.2, -0.15) is 9.52 Å². The van der Waals surface area contributed by atoms with Crippen LogP contribution in [-0.4, -0.2) is 43.9 Å². The molecular weight excluding hydrogens is 432 g/mol. The van der Waals surface area contributed by atoms with Crippen molar-refractivity contribution in [2.45, 2.75) is 19.4 Å². The molecule has 0 aliphatic carbocycles. The summed E-state index contributed by atoms with van der Waals surface area (Å²) in [5, 5.41) is 15.3. The first kappa shape index (κ1) is 21.7. The van der Waals surface area contributed by atoms with Crippen molar-refractivity contribution in [2.75, 3.05) is 16.7 Å². The van der Waals surface area contributed by atoms with Gasteiger partial charge in [0.1, 0.15) is 0 Å². The minimum Gasteiger partial charge on any atom is -0.284 e. The monoisotopic (exact) mass is 452 g/mol. The summed E-state index contributed by atoms with van der Waals surface area (Å²) in [4.78, 5) is 10.6. The summed E-state index contributed by atoms with van der Waals surface area (Å²) in [6.07, 6.45) is 1.19. The molecule has 30 heavy (non-hydrogen) atoms. The molecule has 1 N–H and O–H groups in total. The second kappa shape index (κ2) is 8.03. The molecule has 2 aromatic rings. The minimum atomic E-state index is -3.75. The van der Waals surface area contributed by atoms with E-state index in [0.29, 0.717) is 22.5 Å². The van der Waals surface area contributed by atoms with Crippen molar-refractivity contribution in [3.05, 3.63) is 69.8 Å². The number of anilines is 1. The van der Waals surface area contributed by atoms with Crippen molar-refractivity contribution < 1.29 is 21.8 Å². The van der Waals surface area contributed by atoms with Crippen molar-refractivity contribution >= 4 is 37.1 Å². The molecule has 1 heterocycles. The van der Waals surface area contributed by atoms with Crippen LogP contribution in [0.4, 0.5) is 11.4 Å². The van der Waals surface area contributed by atoms with Crippen LogP contribution in [0.1, 0.15) is 30.5 Å². The van der Waals surface area contributed by atoms with E-state index in [1.807, 2.05) is 0 Å². The van der Waals surface area contributed by atoms with Crippen LogP contribution < -0.4 is 4.72 Å². The first-order valence-corrected chi connectivity index (χ1v) is 12.4. The van der Waals surface area contributed by atoms with Crippen LogP contribution >= 0.6 is 0 Å². The lowest BCUT2D eigenvalue weighted by atomic mass is 9.98. The van der Waals surface area contributed by atoms with Gasteiger partial charge in [-0.15, -0.1) is 0 Å². The fraction of sp³-hybridized carbons (Fsp3) is 0.278. The number of hydrazone groups is 1. The zero-order chi connectivity index (χ0) is 22.1. The number of nitro groups is 1. The summed E-state index contributed by atoms with van der Waals surface area (Å²) in [6.45, 7) is 1.51. The highest BCUT2D eigenvalue weighted by atomic mass is 32.2. The Bertz CT molecular complexity index is 1220. The Morgan fingerprint density at radius 2 is 1.87 bits per heavy atom. The van der Waals surface area contributed by atoms with E-state index in [9.17, 15) is 26.9 Å². The Hall–Kier alpha value is -2.99. The third-order valence-electron chi connectivity index (χ3n) is 4.53. The number of benzene rings is 2. The van der Waals surface area contributed by atoms with Gasteiger partial charge in [0.15, 0.2) is 0 Å². The second-order valence-electron chi connectivity index (χ2n) is 6.74. The van der Waals surface area contributed by atoms with Crippen LogP contribution in [0.5, 0.6) is 0 Å². The molecule has 3 rings (SSSR count). The molecule has 1 aliphatic heterocycles. The Morgan fingerprint density at radius 3 is 2.50 bits per heavy atom. The van der Waals surface area contributed by atoms with E-state index in [4.69, 9.17) is 0 Å². The Labute approximate surface area is 174 Å². The molecule has 0 aromatic heterocycles. The van der Waals surface area contributed by atoms with Gasteiger partial charge in [0.2, 0.25) is 20.0 Å². The molecule has 10 nitrogen and oxygen atoms in total. The van der Waals surface area contributed by atoms with Gasteiger partial charge in [-0.25, -0.2) is 16.8 Å². The molecule has 2 aromatic carbocycles. The molecule has 12 heteroatoms. The summed E-state index contributed by atoms with van der Waals surface area (Å²) < 4.78 is 51.6. The molecular formula is C18H20N4O6S2. The molecule has 0 saturated heterocycles. The van der Waals surface area contributed by atoms with Crippen molar-refractivity contribution in [3.8, 4) is 0 Å². The Kier molecular flexibility index (Phi) is 5.81. The standard InChI is InChI=1S/C18H20N4O6S2/c1-3-30(27,28)20-15-8-4-6-13(10-15)17-12-18(21(19-17)29(2,25)26)14-7-5-9-16(11-14)22(23)24/h4-11,18,20H,3,12H2,1-2H3. The van der Waals surface area contributed by atoms with Gasteiger partial charge in [-0.05, 0) is 30.2 Å². The van der Waals surface area contributed by atoms with Crippen LogP contribution in [-0.2, 0) is 20.0 Å². The van der Waals surface area contributed by atoms with E-state index >= 15 is 0 Å². The first-order valence-electron chi connectivity index (χ1n) is 8.92. The first-order chi connectivity index (χ1) is 14.0. The van der Waals surface area contributed by atoms with Crippen molar-refractivity contribution in [2.24, 2.45) is 5.10 Å². The third kappa shape index (κ3) is 4.76. The van der Waals surface area contributed by atoms with E-state index in [1.165, 1.54) is 25.1 Å². The Balaban J connectivity index is 1.98. The maximum absolute atomic E-state index is 12.3. The quantitative estimate of drug-likeness (QED) is 0.506. The summed E-state index contributed by atoms with van der Waals surface area (Å²) in [6, 6.07) is 11.5. The van der Waals surface area contributed by atoms with Crippen LogP contribution in [0.2, 0.25) is 0 Å². The van der Waals surface area contributed by atoms with Gasteiger partial charge in [0.05, 0.1) is 28.7 Å². The largest absolute Gasteiger partial charge is 0.284 e. The fourth-order valence-corrected chi connectivity index (χ4v) is 4.61. The molecule has 160 valence electrons. The van der Waals surface area contributed by atoms with Gasteiger partial charge in [0, 0.05) is 24.2 Å². The summed E-state index contributed by atoms with van der Waals surface area (Å²) in [7, 11) is -7.23. The fourth-order valence-electron chi connectivity index (χ4n) is 3.08. The highest BCUT2D eigenvalue weighted by Gasteiger charge is 2.35. The van der Waals surface area contributed by atoms with Crippen molar-refractivity contribution in [3.63, 3.8) is 0 Å². The van der Waals surface area contributed by atoms with E-state index in [0.717, 1.165) is 10.7 Å². The highest BCUT2D eigenvalue weighted by Crippen LogP contribution is 2.36. The lowest BCUT2D eigenvalue weighted by Crippen LogP contribution is -2.25. The van der Waals surface area contributed by atoms with Crippen LogP contribution in [0.15, 0.2) is 53.6 Å². The maximum atomic E-state index is 12.3. The number of rotatable bonds is 7. The van der Waals surface area contributed by atoms with Crippen LogP contribution in [0, 0.1) is 10.1 Å². The lowest BCUT2D eigenvalue weighted by Gasteiger charge is -2.21. The number of hydrogen-bond donors (Lipinski definition) is 1. The molecule has 0 radical (unpaired) electrons. The molecule has 1 unspecified atom stereocenters. The average Bonchev–Trinajstić information content (AvgIpc) is 3.14. The van der Waals surface area contributed by atoms with Gasteiger partial charge in [-0.1, -0.05) is 24.3 Å². The van der Waals surface area contributed by atoms with Crippen molar-refractivity contribution in [1.29, 1.82) is 0 Å². The average molecular weight is 453 g/mol. The normalized spacial score (nSPS) is 16.9. The number of hydrogen-bond acceptors (Lipinski definition) is 7. The number of non-ortho nitro benzene ring substituents is 1. The van der Waals surface area contributed by atoms with Gasteiger partial charge in [-0.3, -0.25) is 14.8 Å². The Morgan fingerprint density at radius 1 is 1.17 bits per heavy atom. The van der Waals surface area contributed by atoms with E-state index in [1.54, 1.807) is 30.3 Å². The molecule has 1 atom stereocenters. The second-order valence-corrected chi connectivity index (χ2v) is 10.6.